The number of aromatic nitrogens is 2. The molecule has 1 aromatic heterocycles. The zero-order chi connectivity index (χ0) is 14.3. The number of aryl methyl sites for hydroxylation is 2. The van der Waals surface area contributed by atoms with Crippen LogP contribution in [-0.2, 0) is 22.7 Å². The molecule has 3 rings (SSSR count). The maximum Gasteiger partial charge on any atom is 0.233 e. The van der Waals surface area contributed by atoms with E-state index in [1.54, 1.807) is 0 Å². The predicted molar refractivity (Wildman–Crippen MR) is 73.6 cm³/mol. The van der Waals surface area contributed by atoms with Crippen molar-refractivity contribution in [2.24, 2.45) is 11.8 Å². The number of hydrogen-bond donors (Lipinski definition) is 0. The van der Waals surface area contributed by atoms with Crippen LogP contribution in [0.3, 0.4) is 0 Å². The Hall–Kier alpha value is -1.65. The van der Waals surface area contributed by atoms with Gasteiger partial charge in [-0.25, -0.2) is 0 Å². The number of nitrogens with zero attached hydrogens (tertiary/aromatic N) is 3. The van der Waals surface area contributed by atoms with Crippen molar-refractivity contribution in [3.05, 3.63) is 17.5 Å². The molecule has 20 heavy (non-hydrogen) atoms. The summed E-state index contributed by atoms with van der Waals surface area (Å²) >= 11 is 0. The summed E-state index contributed by atoms with van der Waals surface area (Å²) in [5.41, 5.74) is 1.88. The Labute approximate surface area is 118 Å². The standard InChI is InChI=1S/C15H21N3O2/c1-3-17-8-11(10(2)16-17)9-18-14(19)12-6-4-5-7-13(12)15(18)20/h8,12-13H,3-7,9H2,1-2H3/t12-,13+. The number of fused-ring (bicyclic) bond motifs is 1. The molecule has 0 N–H and O–H groups in total. The van der Waals surface area contributed by atoms with E-state index >= 15 is 0 Å². The van der Waals surface area contributed by atoms with Crippen molar-refractivity contribution in [2.45, 2.75) is 52.6 Å². The molecule has 0 aromatic carbocycles. The zero-order valence-electron chi connectivity index (χ0n) is 12.1. The van der Waals surface area contributed by atoms with E-state index in [0.29, 0.717) is 6.54 Å². The predicted octanol–water partition coefficient (Wildman–Crippen LogP) is 1.89. The molecule has 5 heteroatoms. The van der Waals surface area contributed by atoms with Crippen LogP contribution in [-0.4, -0.2) is 26.5 Å². The Balaban J connectivity index is 1.81. The van der Waals surface area contributed by atoms with Gasteiger partial charge >= 0.3 is 0 Å². The zero-order valence-corrected chi connectivity index (χ0v) is 12.1. The lowest BCUT2D eigenvalue weighted by molar-refractivity contribution is -0.140. The van der Waals surface area contributed by atoms with Crippen molar-refractivity contribution < 1.29 is 9.59 Å². The summed E-state index contributed by atoms with van der Waals surface area (Å²) in [5, 5.41) is 4.38. The van der Waals surface area contributed by atoms with Crippen LogP contribution in [0.25, 0.3) is 0 Å². The lowest BCUT2D eigenvalue weighted by Crippen LogP contribution is -2.30. The molecule has 108 valence electrons. The summed E-state index contributed by atoms with van der Waals surface area (Å²) in [6.07, 6.45) is 5.83. The molecule has 1 aromatic rings. The largest absolute Gasteiger partial charge is 0.277 e. The molecular weight excluding hydrogens is 254 g/mol. The number of hydrogen-bond acceptors (Lipinski definition) is 3. The smallest absolute Gasteiger partial charge is 0.233 e. The van der Waals surface area contributed by atoms with Crippen molar-refractivity contribution in [1.82, 2.24) is 14.7 Å². The van der Waals surface area contributed by atoms with Crippen molar-refractivity contribution in [3.8, 4) is 0 Å². The maximum absolute atomic E-state index is 12.4. The Kier molecular flexibility index (Phi) is 3.36. The molecular formula is C15H21N3O2. The number of carbonyl (C=O) groups is 2. The van der Waals surface area contributed by atoms with Crippen LogP contribution in [0, 0.1) is 18.8 Å². The molecule has 1 aliphatic carbocycles. The highest BCUT2D eigenvalue weighted by atomic mass is 16.2. The van der Waals surface area contributed by atoms with E-state index in [0.717, 1.165) is 43.5 Å². The fourth-order valence-corrected chi connectivity index (χ4v) is 3.43. The second-order valence-corrected chi connectivity index (χ2v) is 5.86. The first-order valence-electron chi connectivity index (χ1n) is 7.50. The van der Waals surface area contributed by atoms with Crippen LogP contribution >= 0.6 is 0 Å². The van der Waals surface area contributed by atoms with Crippen molar-refractivity contribution >= 4 is 11.8 Å². The van der Waals surface area contributed by atoms with E-state index in [9.17, 15) is 9.59 Å². The lowest BCUT2D eigenvalue weighted by atomic mass is 9.81. The van der Waals surface area contributed by atoms with Crippen LogP contribution < -0.4 is 0 Å². The molecule has 0 radical (unpaired) electrons. The lowest BCUT2D eigenvalue weighted by Gasteiger charge is -2.19. The minimum Gasteiger partial charge on any atom is -0.277 e. The third-order valence-corrected chi connectivity index (χ3v) is 4.63. The minimum absolute atomic E-state index is 0.0309. The van der Waals surface area contributed by atoms with E-state index in [1.165, 1.54) is 4.90 Å². The van der Waals surface area contributed by atoms with Gasteiger partial charge in [-0.15, -0.1) is 0 Å². The van der Waals surface area contributed by atoms with Gasteiger partial charge in [-0.1, -0.05) is 12.8 Å². The Morgan fingerprint density at radius 3 is 2.30 bits per heavy atom. The number of amides is 2. The van der Waals surface area contributed by atoms with Gasteiger partial charge in [0.25, 0.3) is 0 Å². The van der Waals surface area contributed by atoms with Gasteiger partial charge in [-0.3, -0.25) is 19.2 Å². The minimum atomic E-state index is -0.0576. The molecule has 0 spiro atoms. The van der Waals surface area contributed by atoms with Crippen LogP contribution in [0.1, 0.15) is 43.9 Å². The molecule has 0 unspecified atom stereocenters. The van der Waals surface area contributed by atoms with Crippen LogP contribution in [0.2, 0.25) is 0 Å². The first-order valence-corrected chi connectivity index (χ1v) is 7.50. The van der Waals surface area contributed by atoms with Gasteiger partial charge < -0.3 is 0 Å². The summed E-state index contributed by atoms with van der Waals surface area (Å²) in [5.74, 6) is -0.0535. The number of imide groups is 1. The summed E-state index contributed by atoms with van der Waals surface area (Å²) in [4.78, 5) is 26.3. The Morgan fingerprint density at radius 1 is 1.20 bits per heavy atom. The first kappa shape index (κ1) is 13.3. The highest BCUT2D eigenvalue weighted by Gasteiger charge is 2.48. The van der Waals surface area contributed by atoms with E-state index in [1.807, 2.05) is 24.7 Å². The highest BCUT2D eigenvalue weighted by molar-refractivity contribution is 6.05. The van der Waals surface area contributed by atoms with E-state index < -0.39 is 0 Å². The fraction of sp³-hybridized carbons (Fsp3) is 0.667. The second kappa shape index (κ2) is 5.04. The SMILES string of the molecule is CCn1cc(CN2C(=O)[C@H]3CCCC[C@H]3C2=O)c(C)n1. The van der Waals surface area contributed by atoms with Gasteiger partial charge in [0.15, 0.2) is 0 Å². The maximum atomic E-state index is 12.4. The average molecular weight is 275 g/mol. The Morgan fingerprint density at radius 2 is 1.80 bits per heavy atom. The summed E-state index contributed by atoms with van der Waals surface area (Å²) in [6.45, 7) is 5.14. The molecule has 2 atom stereocenters. The van der Waals surface area contributed by atoms with Gasteiger partial charge in [0.05, 0.1) is 24.1 Å². The summed E-state index contributed by atoms with van der Waals surface area (Å²) in [6, 6.07) is 0. The summed E-state index contributed by atoms with van der Waals surface area (Å²) < 4.78 is 1.85. The van der Waals surface area contributed by atoms with Gasteiger partial charge in [0.1, 0.15) is 0 Å². The molecule has 2 heterocycles. The van der Waals surface area contributed by atoms with Crippen LogP contribution in [0.4, 0.5) is 0 Å². The molecule has 0 bridgehead atoms. The Bertz CT molecular complexity index is 525. The topological polar surface area (TPSA) is 55.2 Å². The van der Waals surface area contributed by atoms with Gasteiger partial charge in [0, 0.05) is 18.3 Å². The average Bonchev–Trinajstić information content (AvgIpc) is 2.93. The van der Waals surface area contributed by atoms with E-state index in [4.69, 9.17) is 0 Å². The molecule has 2 fully saturated rings. The molecule has 2 amide bonds. The summed E-state index contributed by atoms with van der Waals surface area (Å²) in [7, 11) is 0. The van der Waals surface area contributed by atoms with Crippen LogP contribution in [0.15, 0.2) is 6.20 Å². The number of carbonyl (C=O) groups excluding carboxylic acids is 2. The molecule has 5 nitrogen and oxygen atoms in total. The van der Waals surface area contributed by atoms with E-state index in [2.05, 4.69) is 5.10 Å². The van der Waals surface area contributed by atoms with Crippen molar-refractivity contribution in [1.29, 1.82) is 0 Å². The number of rotatable bonds is 3. The molecule has 1 saturated heterocycles. The van der Waals surface area contributed by atoms with Crippen molar-refractivity contribution in [3.63, 3.8) is 0 Å². The van der Waals surface area contributed by atoms with E-state index in [-0.39, 0.29) is 23.7 Å². The second-order valence-electron chi connectivity index (χ2n) is 5.86. The first-order chi connectivity index (χ1) is 9.61. The number of likely N-dealkylation sites (tertiary alicyclic amines) is 1. The van der Waals surface area contributed by atoms with Gasteiger partial charge in [0.2, 0.25) is 11.8 Å². The molecule has 1 saturated carbocycles. The highest BCUT2D eigenvalue weighted by Crippen LogP contribution is 2.38. The fourth-order valence-electron chi connectivity index (χ4n) is 3.43. The third kappa shape index (κ3) is 2.05. The monoisotopic (exact) mass is 275 g/mol. The quantitative estimate of drug-likeness (QED) is 0.792. The van der Waals surface area contributed by atoms with Gasteiger partial charge in [-0.2, -0.15) is 5.10 Å². The third-order valence-electron chi connectivity index (χ3n) is 4.63. The van der Waals surface area contributed by atoms with Crippen LogP contribution in [0.5, 0.6) is 0 Å². The van der Waals surface area contributed by atoms with Gasteiger partial charge in [-0.05, 0) is 26.7 Å². The molecule has 2 aliphatic rings. The molecule has 1 aliphatic heterocycles. The normalized spacial score (nSPS) is 26.2. The van der Waals surface area contributed by atoms with Crippen molar-refractivity contribution in [2.75, 3.05) is 0 Å².